The molecule has 1 aliphatic rings. The van der Waals surface area contributed by atoms with Gasteiger partial charge in [-0.2, -0.15) is 0 Å². The number of carbonyl (C=O) groups excluding carboxylic acids is 1. The second-order valence-corrected chi connectivity index (χ2v) is 3.87. The lowest BCUT2D eigenvalue weighted by Crippen LogP contribution is -2.53. The zero-order valence-corrected chi connectivity index (χ0v) is 8.89. The lowest BCUT2D eigenvalue weighted by Gasteiger charge is -2.36. The molecule has 0 aromatic carbocycles. The fraction of sp³-hybridized carbons (Fsp3) is 0.333. The Morgan fingerprint density at radius 2 is 2.06 bits per heavy atom. The van der Waals surface area contributed by atoms with Gasteiger partial charge in [0.1, 0.15) is 0 Å². The number of hydrogen-bond acceptors (Lipinski definition) is 4. The summed E-state index contributed by atoms with van der Waals surface area (Å²) < 4.78 is 0. The molecule has 16 heavy (non-hydrogen) atoms. The molecule has 0 radical (unpaired) electrons. The predicted molar refractivity (Wildman–Crippen MR) is 54.1 cm³/mol. The van der Waals surface area contributed by atoms with Gasteiger partial charge in [-0.25, -0.2) is 0 Å². The summed E-state index contributed by atoms with van der Waals surface area (Å²) in [5, 5.41) is 16.0. The van der Waals surface area contributed by atoms with Gasteiger partial charge < -0.3 is 10.0 Å². The normalized spacial score (nSPS) is 15.7. The van der Waals surface area contributed by atoms with E-state index in [1.54, 1.807) is 0 Å². The molecule has 1 aliphatic heterocycles. The van der Waals surface area contributed by atoms with E-state index in [0.717, 1.165) is 0 Å². The summed E-state index contributed by atoms with van der Waals surface area (Å²) in [5.74, 6) is -1.67. The minimum Gasteiger partial charge on any atom is -0.481 e. The second kappa shape index (κ2) is 4.05. The van der Waals surface area contributed by atoms with Crippen LogP contribution in [-0.2, 0) is 4.79 Å². The Labute approximate surface area is 95.8 Å². The lowest BCUT2D eigenvalue weighted by molar-refractivity contribution is -0.146. The summed E-state index contributed by atoms with van der Waals surface area (Å²) in [7, 11) is 0. The summed E-state index contributed by atoms with van der Waals surface area (Å²) in [6, 6.07) is 2.93. The third-order valence-corrected chi connectivity index (χ3v) is 2.57. The Morgan fingerprint density at radius 1 is 1.38 bits per heavy atom. The average Bonchev–Trinajstić information content (AvgIpc) is 2.15. The monoisotopic (exact) mass is 241 g/mol. The molecular weight excluding hydrogens is 234 g/mol. The molecule has 1 saturated heterocycles. The number of halogens is 1. The van der Waals surface area contributed by atoms with E-state index in [1.807, 2.05) is 0 Å². The van der Waals surface area contributed by atoms with Crippen LogP contribution in [0.15, 0.2) is 12.1 Å². The van der Waals surface area contributed by atoms with E-state index in [0.29, 0.717) is 0 Å². The number of carboxylic acids is 1. The van der Waals surface area contributed by atoms with Crippen molar-refractivity contribution in [1.29, 1.82) is 0 Å². The number of aliphatic carboxylic acids is 1. The highest BCUT2D eigenvalue weighted by molar-refractivity contribution is 6.29. The van der Waals surface area contributed by atoms with Crippen molar-refractivity contribution in [2.75, 3.05) is 13.1 Å². The molecule has 7 heteroatoms. The van der Waals surface area contributed by atoms with Crippen molar-refractivity contribution in [3.63, 3.8) is 0 Å². The summed E-state index contributed by atoms with van der Waals surface area (Å²) in [5.41, 5.74) is 0.174. The number of amides is 1. The maximum absolute atomic E-state index is 11.7. The van der Waals surface area contributed by atoms with Crippen LogP contribution in [-0.4, -0.2) is 45.2 Å². The molecule has 1 aromatic heterocycles. The molecule has 0 saturated carbocycles. The van der Waals surface area contributed by atoms with Crippen molar-refractivity contribution in [3.8, 4) is 0 Å². The van der Waals surface area contributed by atoms with Gasteiger partial charge >= 0.3 is 5.97 Å². The third-order valence-electron chi connectivity index (χ3n) is 2.37. The van der Waals surface area contributed by atoms with E-state index in [4.69, 9.17) is 16.7 Å². The van der Waals surface area contributed by atoms with Crippen molar-refractivity contribution in [2.24, 2.45) is 5.92 Å². The Balaban J connectivity index is 2.00. The van der Waals surface area contributed by atoms with E-state index >= 15 is 0 Å². The van der Waals surface area contributed by atoms with Gasteiger partial charge in [0.05, 0.1) is 5.92 Å². The van der Waals surface area contributed by atoms with E-state index in [2.05, 4.69) is 10.2 Å². The fourth-order valence-corrected chi connectivity index (χ4v) is 1.49. The Bertz CT molecular complexity index is 428. The Kier molecular flexibility index (Phi) is 2.74. The first-order chi connectivity index (χ1) is 7.58. The van der Waals surface area contributed by atoms with Crippen LogP contribution in [0.1, 0.15) is 10.5 Å². The molecule has 0 unspecified atom stereocenters. The number of likely N-dealkylation sites (tertiary alicyclic amines) is 1. The van der Waals surface area contributed by atoms with Crippen LogP contribution in [0, 0.1) is 5.92 Å². The van der Waals surface area contributed by atoms with E-state index in [-0.39, 0.29) is 29.8 Å². The minimum absolute atomic E-state index is 0.174. The summed E-state index contributed by atoms with van der Waals surface area (Å²) >= 11 is 5.53. The Hall–Kier alpha value is -1.69. The number of nitrogens with zero attached hydrogens (tertiary/aromatic N) is 3. The van der Waals surface area contributed by atoms with E-state index in [1.165, 1.54) is 17.0 Å². The van der Waals surface area contributed by atoms with Gasteiger partial charge in [0.15, 0.2) is 10.8 Å². The minimum atomic E-state index is -0.883. The molecule has 0 aliphatic carbocycles. The SMILES string of the molecule is O=C(O)C1CN(C(=O)c2ccc(Cl)nn2)C1. The first-order valence-corrected chi connectivity index (χ1v) is 4.97. The third kappa shape index (κ3) is 1.96. The molecule has 2 rings (SSSR count). The number of carboxylic acid groups (broad SMARTS) is 1. The number of aromatic nitrogens is 2. The molecule has 0 spiro atoms. The summed E-state index contributed by atoms with van der Waals surface area (Å²) in [4.78, 5) is 23.7. The highest BCUT2D eigenvalue weighted by Crippen LogP contribution is 2.18. The molecule has 2 heterocycles. The van der Waals surface area contributed by atoms with Crippen LogP contribution < -0.4 is 0 Å². The molecule has 84 valence electrons. The maximum atomic E-state index is 11.7. The maximum Gasteiger partial charge on any atom is 0.310 e. The van der Waals surface area contributed by atoms with E-state index in [9.17, 15) is 9.59 Å². The van der Waals surface area contributed by atoms with Crippen LogP contribution in [0.2, 0.25) is 5.15 Å². The predicted octanol–water partition coefficient (Wildman–Crippen LogP) is 0.287. The van der Waals surface area contributed by atoms with Gasteiger partial charge in [0.2, 0.25) is 0 Å². The standard InChI is InChI=1S/C9H8ClN3O3/c10-7-2-1-6(11-12-7)8(14)13-3-5(4-13)9(15)16/h1-2,5H,3-4H2,(H,15,16). The van der Waals surface area contributed by atoms with Crippen LogP contribution in [0.5, 0.6) is 0 Å². The van der Waals surface area contributed by atoms with Gasteiger partial charge in [-0.1, -0.05) is 11.6 Å². The summed E-state index contributed by atoms with van der Waals surface area (Å²) in [6.07, 6.45) is 0. The van der Waals surface area contributed by atoms with Crippen molar-refractivity contribution < 1.29 is 14.7 Å². The van der Waals surface area contributed by atoms with E-state index < -0.39 is 11.9 Å². The average molecular weight is 242 g/mol. The molecule has 1 amide bonds. The van der Waals surface area contributed by atoms with Crippen LogP contribution in [0.4, 0.5) is 0 Å². The highest BCUT2D eigenvalue weighted by atomic mass is 35.5. The van der Waals surface area contributed by atoms with Crippen LogP contribution >= 0.6 is 11.6 Å². The first-order valence-electron chi connectivity index (χ1n) is 4.59. The highest BCUT2D eigenvalue weighted by Gasteiger charge is 2.36. The molecule has 1 fully saturated rings. The number of rotatable bonds is 2. The topological polar surface area (TPSA) is 83.4 Å². The largest absolute Gasteiger partial charge is 0.481 e. The first kappa shape index (κ1) is 10.8. The lowest BCUT2D eigenvalue weighted by atomic mass is 10.0. The van der Waals surface area contributed by atoms with Crippen LogP contribution in [0.25, 0.3) is 0 Å². The molecular formula is C9H8ClN3O3. The van der Waals surface area contributed by atoms with Crippen molar-refractivity contribution >= 4 is 23.5 Å². The summed E-state index contributed by atoms with van der Waals surface area (Å²) in [6.45, 7) is 0.441. The Morgan fingerprint density at radius 3 is 2.56 bits per heavy atom. The molecule has 0 bridgehead atoms. The van der Waals surface area contributed by atoms with Gasteiger partial charge in [-0.15, -0.1) is 10.2 Å². The van der Waals surface area contributed by atoms with Crippen molar-refractivity contribution in [1.82, 2.24) is 15.1 Å². The zero-order valence-electron chi connectivity index (χ0n) is 8.13. The second-order valence-electron chi connectivity index (χ2n) is 3.49. The number of hydrogen-bond donors (Lipinski definition) is 1. The van der Waals surface area contributed by atoms with Gasteiger partial charge in [-0.3, -0.25) is 9.59 Å². The van der Waals surface area contributed by atoms with Gasteiger partial charge in [-0.05, 0) is 12.1 Å². The molecule has 1 aromatic rings. The van der Waals surface area contributed by atoms with Crippen molar-refractivity contribution in [3.05, 3.63) is 23.0 Å². The zero-order chi connectivity index (χ0) is 11.7. The molecule has 1 N–H and O–H groups in total. The quantitative estimate of drug-likeness (QED) is 0.804. The van der Waals surface area contributed by atoms with Crippen molar-refractivity contribution in [2.45, 2.75) is 0 Å². The van der Waals surface area contributed by atoms with Gasteiger partial charge in [0, 0.05) is 13.1 Å². The molecule has 6 nitrogen and oxygen atoms in total. The fourth-order valence-electron chi connectivity index (χ4n) is 1.39. The molecule has 0 atom stereocenters. The smallest absolute Gasteiger partial charge is 0.310 e. The van der Waals surface area contributed by atoms with Crippen LogP contribution in [0.3, 0.4) is 0 Å². The number of carbonyl (C=O) groups is 2. The van der Waals surface area contributed by atoms with Gasteiger partial charge in [0.25, 0.3) is 5.91 Å².